The Morgan fingerprint density at radius 3 is 1.77 bits per heavy atom. The molecule has 0 saturated heterocycles. The molecule has 48 heavy (non-hydrogen) atoms. The van der Waals surface area contributed by atoms with Crippen LogP contribution in [0.1, 0.15) is 0 Å². The van der Waals surface area contributed by atoms with Crippen LogP contribution in [0.15, 0.2) is 155 Å². The van der Waals surface area contributed by atoms with Crippen LogP contribution >= 0.6 is 0 Å². The van der Waals surface area contributed by atoms with E-state index in [2.05, 4.69) is 59.6 Å². The molecule has 224 valence electrons. The van der Waals surface area contributed by atoms with Crippen molar-refractivity contribution in [2.24, 2.45) is 0 Å². The third-order valence-corrected chi connectivity index (χ3v) is 9.01. The molecule has 0 aliphatic heterocycles. The van der Waals surface area contributed by atoms with Crippen molar-refractivity contribution in [3.05, 3.63) is 146 Å². The molecule has 6 nitrogen and oxygen atoms in total. The molecule has 10 rings (SSSR count). The molecular weight excluding hydrogens is 592 g/mol. The summed E-state index contributed by atoms with van der Waals surface area (Å²) in [6, 6.07) is 45.0. The molecule has 0 aliphatic carbocycles. The highest BCUT2D eigenvalue weighted by atomic mass is 16.3. The van der Waals surface area contributed by atoms with Gasteiger partial charge >= 0.3 is 0 Å². The van der Waals surface area contributed by atoms with Gasteiger partial charge in [0.25, 0.3) is 0 Å². The average molecular weight is 617 g/mol. The third-order valence-electron chi connectivity index (χ3n) is 9.01. The predicted molar refractivity (Wildman–Crippen MR) is 191 cm³/mol. The minimum absolute atomic E-state index is 0.577. The van der Waals surface area contributed by atoms with Crippen LogP contribution in [0.5, 0.6) is 0 Å². The molecular formula is C42H24N4O2. The number of hydrogen-bond acceptors (Lipinski definition) is 6. The van der Waals surface area contributed by atoms with Gasteiger partial charge in [-0.15, -0.1) is 0 Å². The smallest absolute Gasteiger partial charge is 0.164 e. The molecule has 0 amide bonds. The van der Waals surface area contributed by atoms with Gasteiger partial charge in [-0.1, -0.05) is 103 Å². The lowest BCUT2D eigenvalue weighted by atomic mass is 9.93. The van der Waals surface area contributed by atoms with Crippen molar-refractivity contribution in [1.82, 2.24) is 19.9 Å². The Balaban J connectivity index is 1.26. The molecule has 0 unspecified atom stereocenters. The maximum atomic E-state index is 6.23. The molecule has 0 aliphatic rings. The molecule has 4 heterocycles. The van der Waals surface area contributed by atoms with Crippen LogP contribution in [0.25, 0.3) is 99.9 Å². The van der Waals surface area contributed by atoms with Gasteiger partial charge in [0, 0.05) is 50.0 Å². The molecule has 0 saturated carbocycles. The van der Waals surface area contributed by atoms with Crippen molar-refractivity contribution in [1.29, 1.82) is 0 Å². The van der Waals surface area contributed by atoms with Crippen LogP contribution in [0.4, 0.5) is 0 Å². The SMILES string of the molecule is c1ccc(-c2nc(-c3cc(-c4cncc5oc6ccccc6c45)c4ccccc4c3)nc(-c3cccc4oc5ccccc5c34)n2)cc1. The van der Waals surface area contributed by atoms with Gasteiger partial charge < -0.3 is 8.83 Å². The quantitative estimate of drug-likeness (QED) is 0.196. The number of nitrogens with zero attached hydrogens (tertiary/aromatic N) is 4. The highest BCUT2D eigenvalue weighted by molar-refractivity contribution is 6.15. The van der Waals surface area contributed by atoms with Gasteiger partial charge in [0.15, 0.2) is 23.1 Å². The van der Waals surface area contributed by atoms with Crippen molar-refractivity contribution in [2.75, 3.05) is 0 Å². The standard InChI is InChI=1S/C42H24N4O2/c1-2-11-25(12-3-1)40-44-41(46-42(45-40)31-17-10-20-36-38(31)29-15-6-8-18-34(29)47-36)27-21-26-13-4-5-14-28(26)32(22-27)33-23-43-24-37-39(33)30-16-7-9-19-35(30)48-37/h1-24H. The number of hydrogen-bond donors (Lipinski definition) is 0. The van der Waals surface area contributed by atoms with Crippen molar-refractivity contribution in [2.45, 2.75) is 0 Å². The van der Waals surface area contributed by atoms with Gasteiger partial charge in [-0.25, -0.2) is 15.0 Å². The number of fused-ring (bicyclic) bond motifs is 7. The topological polar surface area (TPSA) is 77.8 Å². The molecule has 0 atom stereocenters. The molecule has 6 heteroatoms. The van der Waals surface area contributed by atoms with Gasteiger partial charge in [0.2, 0.25) is 0 Å². The van der Waals surface area contributed by atoms with E-state index in [1.54, 1.807) is 6.20 Å². The summed E-state index contributed by atoms with van der Waals surface area (Å²) in [5.74, 6) is 1.75. The fraction of sp³-hybridized carbons (Fsp3) is 0. The van der Waals surface area contributed by atoms with Gasteiger partial charge in [-0.3, -0.25) is 4.98 Å². The molecule has 0 bridgehead atoms. The van der Waals surface area contributed by atoms with E-state index in [0.717, 1.165) is 82.5 Å². The maximum absolute atomic E-state index is 6.23. The van der Waals surface area contributed by atoms with Gasteiger partial charge in [0.05, 0.1) is 6.20 Å². The second-order valence-electron chi connectivity index (χ2n) is 11.9. The van der Waals surface area contributed by atoms with Crippen molar-refractivity contribution < 1.29 is 8.83 Å². The van der Waals surface area contributed by atoms with E-state index in [-0.39, 0.29) is 0 Å². The Kier molecular flexibility index (Phi) is 5.77. The van der Waals surface area contributed by atoms with Crippen molar-refractivity contribution >= 4 is 54.6 Å². The molecule has 0 radical (unpaired) electrons. The number of para-hydroxylation sites is 2. The monoisotopic (exact) mass is 616 g/mol. The Labute approximate surface area is 274 Å². The van der Waals surface area contributed by atoms with Crippen LogP contribution in [0, 0.1) is 0 Å². The summed E-state index contributed by atoms with van der Waals surface area (Å²) >= 11 is 0. The average Bonchev–Trinajstić information content (AvgIpc) is 3.73. The third kappa shape index (κ3) is 4.13. The molecule has 6 aromatic carbocycles. The molecule has 10 aromatic rings. The molecule has 0 fully saturated rings. The first kappa shape index (κ1) is 26.5. The molecule has 0 spiro atoms. The van der Waals surface area contributed by atoms with E-state index in [9.17, 15) is 0 Å². The molecule has 0 N–H and O–H groups in total. The summed E-state index contributed by atoms with van der Waals surface area (Å²) in [5.41, 5.74) is 7.88. The Hall–Kier alpha value is -6.66. The number of aromatic nitrogens is 4. The van der Waals surface area contributed by atoms with Crippen LogP contribution in [-0.4, -0.2) is 19.9 Å². The first-order valence-corrected chi connectivity index (χ1v) is 15.8. The lowest BCUT2D eigenvalue weighted by molar-refractivity contribution is 0.667. The molecule has 4 aromatic heterocycles. The van der Waals surface area contributed by atoms with Crippen LogP contribution in [-0.2, 0) is 0 Å². The van der Waals surface area contributed by atoms with Crippen LogP contribution in [0.2, 0.25) is 0 Å². The van der Waals surface area contributed by atoms with E-state index < -0.39 is 0 Å². The first-order valence-electron chi connectivity index (χ1n) is 15.8. The Morgan fingerprint density at radius 2 is 0.979 bits per heavy atom. The van der Waals surface area contributed by atoms with Crippen molar-refractivity contribution in [3.8, 4) is 45.3 Å². The number of benzene rings is 6. The fourth-order valence-electron chi connectivity index (χ4n) is 6.85. The van der Waals surface area contributed by atoms with Crippen LogP contribution < -0.4 is 0 Å². The minimum atomic E-state index is 0.577. The maximum Gasteiger partial charge on any atom is 0.164 e. The lowest BCUT2D eigenvalue weighted by Crippen LogP contribution is -2.01. The number of furan rings is 2. The summed E-state index contributed by atoms with van der Waals surface area (Å²) < 4.78 is 12.5. The predicted octanol–water partition coefficient (Wildman–Crippen LogP) is 10.9. The second-order valence-corrected chi connectivity index (χ2v) is 11.9. The van der Waals surface area contributed by atoms with E-state index in [1.165, 1.54) is 0 Å². The van der Waals surface area contributed by atoms with Gasteiger partial charge in [0.1, 0.15) is 16.7 Å². The summed E-state index contributed by atoms with van der Waals surface area (Å²) in [5, 5.41) is 6.26. The van der Waals surface area contributed by atoms with E-state index >= 15 is 0 Å². The van der Waals surface area contributed by atoms with Crippen molar-refractivity contribution in [3.63, 3.8) is 0 Å². The Morgan fingerprint density at radius 1 is 0.375 bits per heavy atom. The summed E-state index contributed by atoms with van der Waals surface area (Å²) in [4.78, 5) is 19.9. The number of pyridine rings is 1. The first-order chi connectivity index (χ1) is 23.8. The van der Waals surface area contributed by atoms with E-state index in [4.69, 9.17) is 23.8 Å². The second kappa shape index (κ2) is 10.4. The zero-order valence-electron chi connectivity index (χ0n) is 25.5. The fourth-order valence-corrected chi connectivity index (χ4v) is 6.85. The van der Waals surface area contributed by atoms with Gasteiger partial charge in [-0.2, -0.15) is 0 Å². The summed E-state index contributed by atoms with van der Waals surface area (Å²) in [6.07, 6.45) is 3.71. The minimum Gasteiger partial charge on any atom is -0.456 e. The number of rotatable bonds is 4. The zero-order chi connectivity index (χ0) is 31.6. The Bertz CT molecular complexity index is 2850. The highest BCUT2D eigenvalue weighted by Crippen LogP contribution is 2.41. The zero-order valence-corrected chi connectivity index (χ0v) is 25.5. The lowest BCUT2D eigenvalue weighted by Gasteiger charge is -2.13. The van der Waals surface area contributed by atoms with E-state index in [1.807, 2.05) is 85.1 Å². The summed E-state index contributed by atoms with van der Waals surface area (Å²) in [6.45, 7) is 0. The summed E-state index contributed by atoms with van der Waals surface area (Å²) in [7, 11) is 0. The highest BCUT2D eigenvalue weighted by Gasteiger charge is 2.20. The van der Waals surface area contributed by atoms with Crippen LogP contribution in [0.3, 0.4) is 0 Å². The van der Waals surface area contributed by atoms with E-state index in [0.29, 0.717) is 17.5 Å². The normalized spacial score (nSPS) is 11.8. The largest absolute Gasteiger partial charge is 0.456 e. The van der Waals surface area contributed by atoms with Gasteiger partial charge in [-0.05, 0) is 46.7 Å².